The summed E-state index contributed by atoms with van der Waals surface area (Å²) in [6.07, 6.45) is 5.15. The van der Waals surface area contributed by atoms with Crippen molar-refractivity contribution in [2.75, 3.05) is 6.54 Å². The molecule has 1 atom stereocenters. The van der Waals surface area contributed by atoms with Gasteiger partial charge in [-0.15, -0.1) is 0 Å². The number of benzene rings is 2. The van der Waals surface area contributed by atoms with Gasteiger partial charge in [-0.3, -0.25) is 9.78 Å². The van der Waals surface area contributed by atoms with Crippen LogP contribution in [0.1, 0.15) is 24.0 Å². The fourth-order valence-electron chi connectivity index (χ4n) is 2.64. The number of hydrogen-bond acceptors (Lipinski definition) is 2. The molecule has 0 spiro atoms. The molecular formula is C21H20N2O. The number of fused-ring (bicyclic) bond motifs is 1. The van der Waals surface area contributed by atoms with Gasteiger partial charge in [0.1, 0.15) is 0 Å². The number of carbonyl (C=O) groups excluding carboxylic acids is 1. The number of hydrogen-bond donors (Lipinski definition) is 1. The molecule has 0 saturated heterocycles. The lowest BCUT2D eigenvalue weighted by Gasteiger charge is -2.11. The van der Waals surface area contributed by atoms with Gasteiger partial charge in [0.05, 0.1) is 5.52 Å². The van der Waals surface area contributed by atoms with E-state index in [2.05, 4.69) is 29.4 Å². The minimum Gasteiger partial charge on any atom is -0.352 e. The number of rotatable bonds is 5. The molecule has 120 valence electrons. The van der Waals surface area contributed by atoms with Crippen molar-refractivity contribution in [2.24, 2.45) is 0 Å². The zero-order chi connectivity index (χ0) is 16.8. The maximum Gasteiger partial charge on any atom is 0.244 e. The highest BCUT2D eigenvalue weighted by Gasteiger charge is 2.06. The Morgan fingerprint density at radius 1 is 1.08 bits per heavy atom. The van der Waals surface area contributed by atoms with Crippen molar-refractivity contribution < 1.29 is 4.79 Å². The van der Waals surface area contributed by atoms with E-state index in [0.717, 1.165) is 16.5 Å². The third-order valence-corrected chi connectivity index (χ3v) is 4.03. The van der Waals surface area contributed by atoms with Crippen molar-refractivity contribution >= 4 is 22.9 Å². The van der Waals surface area contributed by atoms with E-state index in [0.29, 0.717) is 6.54 Å². The van der Waals surface area contributed by atoms with Crippen molar-refractivity contribution in [1.29, 1.82) is 0 Å². The van der Waals surface area contributed by atoms with Crippen LogP contribution in [0.25, 0.3) is 17.0 Å². The van der Waals surface area contributed by atoms with Crippen LogP contribution < -0.4 is 5.32 Å². The van der Waals surface area contributed by atoms with Crippen LogP contribution >= 0.6 is 0 Å². The number of pyridine rings is 1. The molecule has 0 aliphatic carbocycles. The van der Waals surface area contributed by atoms with Gasteiger partial charge >= 0.3 is 0 Å². The topological polar surface area (TPSA) is 42.0 Å². The van der Waals surface area contributed by atoms with Crippen molar-refractivity contribution in [3.63, 3.8) is 0 Å². The highest BCUT2D eigenvalue weighted by atomic mass is 16.1. The number of nitrogens with zero attached hydrogens (tertiary/aromatic N) is 1. The molecule has 0 saturated carbocycles. The van der Waals surface area contributed by atoms with Crippen molar-refractivity contribution in [1.82, 2.24) is 10.3 Å². The molecule has 1 N–H and O–H groups in total. The molecule has 0 aliphatic heterocycles. The average molecular weight is 316 g/mol. The lowest BCUT2D eigenvalue weighted by molar-refractivity contribution is -0.116. The van der Waals surface area contributed by atoms with Crippen LogP contribution in [0, 0.1) is 0 Å². The molecule has 1 heterocycles. The minimum atomic E-state index is -0.0919. The summed E-state index contributed by atoms with van der Waals surface area (Å²) in [5.74, 6) is 0.188. The highest BCUT2D eigenvalue weighted by Crippen LogP contribution is 2.17. The van der Waals surface area contributed by atoms with Gasteiger partial charge in [0.2, 0.25) is 5.91 Å². The predicted molar refractivity (Wildman–Crippen MR) is 98.6 cm³/mol. The zero-order valence-electron chi connectivity index (χ0n) is 13.6. The van der Waals surface area contributed by atoms with Gasteiger partial charge in [0.15, 0.2) is 0 Å². The highest BCUT2D eigenvalue weighted by molar-refractivity contribution is 5.95. The second-order valence-corrected chi connectivity index (χ2v) is 5.81. The molecule has 0 fully saturated rings. The largest absolute Gasteiger partial charge is 0.352 e. The van der Waals surface area contributed by atoms with Crippen LogP contribution in [0.5, 0.6) is 0 Å². The van der Waals surface area contributed by atoms with Gasteiger partial charge in [-0.05, 0) is 23.6 Å². The Morgan fingerprint density at radius 3 is 2.71 bits per heavy atom. The predicted octanol–water partition coefficient (Wildman–Crippen LogP) is 4.17. The third-order valence-electron chi connectivity index (χ3n) is 4.03. The van der Waals surface area contributed by atoms with Crippen LogP contribution in [0.4, 0.5) is 0 Å². The van der Waals surface area contributed by atoms with E-state index in [1.54, 1.807) is 12.3 Å². The zero-order valence-corrected chi connectivity index (χ0v) is 13.6. The Morgan fingerprint density at radius 2 is 1.88 bits per heavy atom. The molecule has 3 rings (SSSR count). The smallest absolute Gasteiger partial charge is 0.244 e. The molecule has 1 unspecified atom stereocenters. The molecule has 1 aromatic heterocycles. The molecule has 0 bridgehead atoms. The van der Waals surface area contributed by atoms with Crippen LogP contribution in [-0.4, -0.2) is 17.4 Å². The lowest BCUT2D eigenvalue weighted by atomic mass is 10.0. The lowest BCUT2D eigenvalue weighted by Crippen LogP contribution is -2.25. The maximum atomic E-state index is 12.1. The van der Waals surface area contributed by atoms with Crippen LogP contribution in [-0.2, 0) is 4.79 Å². The molecule has 3 nitrogen and oxygen atoms in total. The first-order valence-electron chi connectivity index (χ1n) is 8.08. The monoisotopic (exact) mass is 316 g/mol. The first kappa shape index (κ1) is 15.9. The molecular weight excluding hydrogens is 296 g/mol. The SMILES string of the molecule is CC(CNC(=O)/C=C/c1cccc2cccnc12)c1ccccc1. The fourth-order valence-corrected chi connectivity index (χ4v) is 2.64. The number of carbonyl (C=O) groups is 1. The molecule has 0 radical (unpaired) electrons. The third kappa shape index (κ3) is 3.87. The second-order valence-electron chi connectivity index (χ2n) is 5.81. The average Bonchev–Trinajstić information content (AvgIpc) is 2.65. The Hall–Kier alpha value is -2.94. The Labute approximate surface area is 142 Å². The van der Waals surface area contributed by atoms with Gasteiger partial charge in [-0.1, -0.05) is 61.5 Å². The van der Waals surface area contributed by atoms with E-state index in [-0.39, 0.29) is 11.8 Å². The Bertz CT molecular complexity index is 851. The molecule has 3 aromatic rings. The molecule has 2 aromatic carbocycles. The standard InChI is InChI=1S/C21H20N2O/c1-16(17-7-3-2-4-8-17)15-23-20(24)13-12-19-10-5-9-18-11-6-14-22-21(18)19/h2-14,16H,15H2,1H3,(H,23,24)/b13-12+. The maximum absolute atomic E-state index is 12.1. The van der Waals surface area contributed by atoms with E-state index in [9.17, 15) is 4.79 Å². The second kappa shape index (κ2) is 7.55. The minimum absolute atomic E-state index is 0.0919. The Kier molecular flexibility index (Phi) is 5.02. The van der Waals surface area contributed by atoms with Crippen LogP contribution in [0.3, 0.4) is 0 Å². The van der Waals surface area contributed by atoms with Gasteiger partial charge in [0, 0.05) is 29.8 Å². The van der Waals surface area contributed by atoms with Crippen LogP contribution in [0.15, 0.2) is 72.9 Å². The Balaban J connectivity index is 1.63. The summed E-state index contributed by atoms with van der Waals surface area (Å²) in [5, 5.41) is 4.02. The van der Waals surface area contributed by atoms with E-state index in [1.165, 1.54) is 5.56 Å². The molecule has 24 heavy (non-hydrogen) atoms. The van der Waals surface area contributed by atoms with Gasteiger partial charge in [-0.2, -0.15) is 0 Å². The van der Waals surface area contributed by atoms with E-state index in [1.807, 2.05) is 54.6 Å². The number of amides is 1. The molecule has 0 aliphatic rings. The normalized spacial score (nSPS) is 12.4. The van der Waals surface area contributed by atoms with Crippen LogP contribution in [0.2, 0.25) is 0 Å². The van der Waals surface area contributed by atoms with Crippen molar-refractivity contribution in [3.8, 4) is 0 Å². The first-order chi connectivity index (χ1) is 11.7. The summed E-state index contributed by atoms with van der Waals surface area (Å²) < 4.78 is 0. The number of nitrogens with one attached hydrogen (secondary N) is 1. The summed E-state index contributed by atoms with van der Waals surface area (Å²) in [5.41, 5.74) is 3.07. The summed E-state index contributed by atoms with van der Waals surface area (Å²) in [7, 11) is 0. The number of aromatic nitrogens is 1. The first-order valence-corrected chi connectivity index (χ1v) is 8.08. The van der Waals surface area contributed by atoms with Gasteiger partial charge in [0.25, 0.3) is 0 Å². The summed E-state index contributed by atoms with van der Waals surface area (Å²) in [6.45, 7) is 2.72. The van der Waals surface area contributed by atoms with Crippen molar-refractivity contribution in [3.05, 3.63) is 84.1 Å². The van der Waals surface area contributed by atoms with Gasteiger partial charge in [-0.25, -0.2) is 0 Å². The van der Waals surface area contributed by atoms with Crippen molar-refractivity contribution in [2.45, 2.75) is 12.8 Å². The molecule has 3 heteroatoms. The van der Waals surface area contributed by atoms with E-state index < -0.39 is 0 Å². The van der Waals surface area contributed by atoms with E-state index >= 15 is 0 Å². The summed E-state index contributed by atoms with van der Waals surface area (Å²) in [6, 6.07) is 20.1. The number of para-hydroxylation sites is 1. The fraction of sp³-hybridized carbons (Fsp3) is 0.143. The summed E-state index contributed by atoms with van der Waals surface area (Å²) >= 11 is 0. The van der Waals surface area contributed by atoms with E-state index in [4.69, 9.17) is 0 Å². The molecule has 1 amide bonds. The quantitative estimate of drug-likeness (QED) is 0.718. The van der Waals surface area contributed by atoms with Gasteiger partial charge < -0.3 is 5.32 Å². The summed E-state index contributed by atoms with van der Waals surface area (Å²) in [4.78, 5) is 16.5.